The number of anilines is 2. The molecule has 0 spiro atoms. The molecule has 15 heavy (non-hydrogen) atoms. The van der Waals surface area contributed by atoms with Gasteiger partial charge in [-0.3, -0.25) is 4.79 Å². The highest BCUT2D eigenvalue weighted by atomic mass is 16.5. The van der Waals surface area contributed by atoms with Crippen LogP contribution in [0.3, 0.4) is 0 Å². The SMILES string of the molecule is COCC1Nc2cc(C)ccc2NC1=O. The van der Waals surface area contributed by atoms with Crippen molar-refractivity contribution >= 4 is 17.3 Å². The van der Waals surface area contributed by atoms with E-state index in [1.54, 1.807) is 7.11 Å². The zero-order chi connectivity index (χ0) is 10.8. The van der Waals surface area contributed by atoms with E-state index in [4.69, 9.17) is 4.74 Å². The molecule has 0 saturated carbocycles. The second-order valence-electron chi connectivity index (χ2n) is 3.69. The first-order valence-corrected chi connectivity index (χ1v) is 4.87. The third kappa shape index (κ3) is 1.94. The summed E-state index contributed by atoms with van der Waals surface area (Å²) in [5.74, 6) is -0.0480. The van der Waals surface area contributed by atoms with Crippen molar-refractivity contribution in [3.63, 3.8) is 0 Å². The van der Waals surface area contributed by atoms with Gasteiger partial charge in [0.15, 0.2) is 0 Å². The van der Waals surface area contributed by atoms with Crippen LogP contribution in [0.5, 0.6) is 0 Å². The Morgan fingerprint density at radius 2 is 2.20 bits per heavy atom. The van der Waals surface area contributed by atoms with E-state index in [1.807, 2.05) is 25.1 Å². The highest BCUT2D eigenvalue weighted by Crippen LogP contribution is 2.27. The third-order valence-electron chi connectivity index (χ3n) is 2.41. The van der Waals surface area contributed by atoms with Crippen molar-refractivity contribution in [1.82, 2.24) is 0 Å². The highest BCUT2D eigenvalue weighted by molar-refractivity contribution is 6.03. The molecular formula is C11H14N2O2. The van der Waals surface area contributed by atoms with Crippen LogP contribution >= 0.6 is 0 Å². The van der Waals surface area contributed by atoms with Gasteiger partial charge in [-0.2, -0.15) is 0 Å². The number of aryl methyl sites for hydroxylation is 1. The first-order valence-electron chi connectivity index (χ1n) is 4.87. The van der Waals surface area contributed by atoms with Gasteiger partial charge >= 0.3 is 0 Å². The highest BCUT2D eigenvalue weighted by Gasteiger charge is 2.24. The lowest BCUT2D eigenvalue weighted by Crippen LogP contribution is -2.41. The summed E-state index contributed by atoms with van der Waals surface area (Å²) >= 11 is 0. The average Bonchev–Trinajstić information content (AvgIpc) is 2.20. The van der Waals surface area contributed by atoms with E-state index in [0.29, 0.717) is 6.61 Å². The number of methoxy groups -OCH3 is 1. The second kappa shape index (κ2) is 3.90. The molecule has 0 aliphatic carbocycles. The molecule has 2 N–H and O–H groups in total. The number of fused-ring (bicyclic) bond motifs is 1. The fourth-order valence-electron chi connectivity index (χ4n) is 1.64. The lowest BCUT2D eigenvalue weighted by molar-refractivity contribution is -0.118. The number of ether oxygens (including phenoxy) is 1. The predicted molar refractivity (Wildman–Crippen MR) is 59.1 cm³/mol. The Kier molecular flexibility index (Phi) is 2.60. The lowest BCUT2D eigenvalue weighted by Gasteiger charge is -2.26. The Hall–Kier alpha value is -1.55. The zero-order valence-corrected chi connectivity index (χ0v) is 8.83. The largest absolute Gasteiger partial charge is 0.382 e. The van der Waals surface area contributed by atoms with E-state index < -0.39 is 0 Å². The Morgan fingerprint density at radius 3 is 2.93 bits per heavy atom. The van der Waals surface area contributed by atoms with Crippen LogP contribution in [0, 0.1) is 6.92 Å². The van der Waals surface area contributed by atoms with Crippen LogP contribution in [0.15, 0.2) is 18.2 Å². The van der Waals surface area contributed by atoms with Gasteiger partial charge in [-0.1, -0.05) is 6.07 Å². The minimum Gasteiger partial charge on any atom is -0.382 e. The summed E-state index contributed by atoms with van der Waals surface area (Å²) in [7, 11) is 1.58. The van der Waals surface area contributed by atoms with Crippen LogP contribution < -0.4 is 10.6 Å². The van der Waals surface area contributed by atoms with Crippen LogP contribution in [-0.2, 0) is 9.53 Å². The summed E-state index contributed by atoms with van der Waals surface area (Å²) in [6.45, 7) is 2.39. The fraction of sp³-hybridized carbons (Fsp3) is 0.364. The van der Waals surface area contributed by atoms with Crippen LogP contribution in [0.2, 0.25) is 0 Å². The number of carbonyl (C=O) groups excluding carboxylic acids is 1. The van der Waals surface area contributed by atoms with Crippen molar-refractivity contribution < 1.29 is 9.53 Å². The molecule has 4 nitrogen and oxygen atoms in total. The molecule has 0 aromatic heterocycles. The third-order valence-corrected chi connectivity index (χ3v) is 2.41. The number of nitrogens with one attached hydrogen (secondary N) is 2. The van der Waals surface area contributed by atoms with Gasteiger partial charge < -0.3 is 15.4 Å². The standard InChI is InChI=1S/C11H14N2O2/c1-7-3-4-8-9(5-7)12-10(6-15-2)11(14)13-8/h3-5,10,12H,6H2,1-2H3,(H,13,14). The molecule has 2 rings (SSSR count). The predicted octanol–water partition coefficient (Wildman–Crippen LogP) is 1.37. The zero-order valence-electron chi connectivity index (χ0n) is 8.83. The summed E-state index contributed by atoms with van der Waals surface area (Å²) in [6.07, 6.45) is 0. The summed E-state index contributed by atoms with van der Waals surface area (Å²) in [6, 6.07) is 5.58. The van der Waals surface area contributed by atoms with Gasteiger partial charge in [0.2, 0.25) is 5.91 Å². The Bertz CT molecular complexity index is 390. The molecule has 0 saturated heterocycles. The van der Waals surface area contributed by atoms with Crippen molar-refractivity contribution in [3.8, 4) is 0 Å². The van der Waals surface area contributed by atoms with Crippen LogP contribution in [-0.4, -0.2) is 25.7 Å². The molecule has 1 aliphatic heterocycles. The van der Waals surface area contributed by atoms with Crippen LogP contribution in [0.4, 0.5) is 11.4 Å². The first kappa shape index (κ1) is 9.98. The normalized spacial score (nSPS) is 19.1. The fourth-order valence-corrected chi connectivity index (χ4v) is 1.64. The lowest BCUT2D eigenvalue weighted by atomic mass is 10.1. The van der Waals surface area contributed by atoms with E-state index in [0.717, 1.165) is 16.9 Å². The number of hydrogen-bond donors (Lipinski definition) is 2. The maximum Gasteiger partial charge on any atom is 0.249 e. The molecule has 0 bridgehead atoms. The van der Waals surface area contributed by atoms with E-state index in [9.17, 15) is 4.79 Å². The first-order chi connectivity index (χ1) is 7.20. The molecule has 1 aromatic rings. The van der Waals surface area contributed by atoms with Crippen molar-refractivity contribution in [3.05, 3.63) is 23.8 Å². The quantitative estimate of drug-likeness (QED) is 0.768. The van der Waals surface area contributed by atoms with Gasteiger partial charge in [-0.05, 0) is 24.6 Å². The maximum atomic E-state index is 11.6. The molecule has 1 aromatic carbocycles. The molecule has 1 aliphatic rings. The van der Waals surface area contributed by atoms with E-state index in [-0.39, 0.29) is 11.9 Å². The van der Waals surface area contributed by atoms with Gasteiger partial charge in [-0.25, -0.2) is 0 Å². The summed E-state index contributed by atoms with van der Waals surface area (Å²) < 4.78 is 4.97. The maximum absolute atomic E-state index is 11.6. The number of carbonyl (C=O) groups is 1. The molecule has 80 valence electrons. The average molecular weight is 206 g/mol. The van der Waals surface area contributed by atoms with Gasteiger partial charge in [0, 0.05) is 7.11 Å². The topological polar surface area (TPSA) is 50.4 Å². The van der Waals surface area contributed by atoms with Crippen molar-refractivity contribution in [2.24, 2.45) is 0 Å². The molecule has 1 unspecified atom stereocenters. The van der Waals surface area contributed by atoms with Gasteiger partial charge in [0.1, 0.15) is 6.04 Å². The van der Waals surface area contributed by atoms with Crippen molar-refractivity contribution in [1.29, 1.82) is 0 Å². The number of amides is 1. The molecule has 1 atom stereocenters. The monoisotopic (exact) mass is 206 g/mol. The minimum absolute atomic E-state index is 0.0480. The molecular weight excluding hydrogens is 192 g/mol. The number of benzene rings is 1. The van der Waals surface area contributed by atoms with E-state index in [1.165, 1.54) is 0 Å². The van der Waals surface area contributed by atoms with E-state index >= 15 is 0 Å². The van der Waals surface area contributed by atoms with Crippen molar-refractivity contribution in [2.45, 2.75) is 13.0 Å². The Balaban J connectivity index is 2.26. The van der Waals surface area contributed by atoms with Crippen LogP contribution in [0.25, 0.3) is 0 Å². The smallest absolute Gasteiger partial charge is 0.249 e. The van der Waals surface area contributed by atoms with E-state index in [2.05, 4.69) is 10.6 Å². The van der Waals surface area contributed by atoms with Gasteiger partial charge in [0.05, 0.1) is 18.0 Å². The second-order valence-corrected chi connectivity index (χ2v) is 3.69. The Labute approximate surface area is 88.6 Å². The molecule has 1 heterocycles. The number of rotatable bonds is 2. The van der Waals surface area contributed by atoms with Gasteiger partial charge in [0.25, 0.3) is 0 Å². The minimum atomic E-state index is -0.302. The molecule has 1 amide bonds. The van der Waals surface area contributed by atoms with Crippen molar-refractivity contribution in [2.75, 3.05) is 24.4 Å². The van der Waals surface area contributed by atoms with Crippen LogP contribution in [0.1, 0.15) is 5.56 Å². The molecule has 0 radical (unpaired) electrons. The summed E-state index contributed by atoms with van der Waals surface area (Å²) in [5, 5.41) is 5.99. The molecule has 4 heteroatoms. The van der Waals surface area contributed by atoms with Gasteiger partial charge in [-0.15, -0.1) is 0 Å². The number of hydrogen-bond acceptors (Lipinski definition) is 3. The molecule has 0 fully saturated rings. The summed E-state index contributed by atoms with van der Waals surface area (Å²) in [4.78, 5) is 11.6. The summed E-state index contributed by atoms with van der Waals surface area (Å²) in [5.41, 5.74) is 2.95. The Morgan fingerprint density at radius 1 is 1.40 bits per heavy atom.